The van der Waals surface area contributed by atoms with Crippen molar-refractivity contribution in [3.05, 3.63) is 69.8 Å². The van der Waals surface area contributed by atoms with Gasteiger partial charge in [-0.15, -0.1) is 0 Å². The van der Waals surface area contributed by atoms with Gasteiger partial charge in [0.25, 0.3) is 11.6 Å². The number of fused-ring (bicyclic) bond motifs is 1. The van der Waals surface area contributed by atoms with Gasteiger partial charge in [-0.3, -0.25) is 19.7 Å². The van der Waals surface area contributed by atoms with E-state index in [9.17, 15) is 24.8 Å². The predicted molar refractivity (Wildman–Crippen MR) is 81.0 cm³/mol. The van der Waals surface area contributed by atoms with Crippen LogP contribution in [0.3, 0.4) is 0 Å². The van der Waals surface area contributed by atoms with Gasteiger partial charge in [0.1, 0.15) is 0 Å². The van der Waals surface area contributed by atoms with Gasteiger partial charge >= 0.3 is 0 Å². The van der Waals surface area contributed by atoms with Crippen molar-refractivity contribution in [1.29, 1.82) is 0 Å². The number of hydrogen-bond donors (Lipinski definition) is 2. The van der Waals surface area contributed by atoms with Crippen LogP contribution in [0.1, 0.15) is 22.3 Å². The molecule has 1 aliphatic heterocycles. The second-order valence-corrected chi connectivity index (χ2v) is 5.23. The molecule has 0 saturated heterocycles. The van der Waals surface area contributed by atoms with E-state index in [1.807, 2.05) is 0 Å². The Balaban J connectivity index is 1.98. The van der Waals surface area contributed by atoms with Gasteiger partial charge in [0, 0.05) is 17.3 Å². The number of para-hydroxylation sites is 2. The Morgan fingerprint density at radius 1 is 1.17 bits per heavy atom. The highest BCUT2D eigenvalue weighted by atomic mass is 16.6. The maximum absolute atomic E-state index is 12.4. The number of amides is 1. The third-order valence-electron chi connectivity index (χ3n) is 3.81. The van der Waals surface area contributed by atoms with Gasteiger partial charge in [0.05, 0.1) is 16.9 Å². The summed E-state index contributed by atoms with van der Waals surface area (Å²) in [4.78, 5) is 34.9. The number of nitrogens with one attached hydrogen (secondary N) is 1. The number of ketones is 1. The number of carbonyl (C=O) groups is 2. The molecule has 0 fully saturated rings. The maximum Gasteiger partial charge on any atom is 0.280 e. The number of rotatable bonds is 4. The molecule has 0 saturated carbocycles. The molecule has 0 aromatic heterocycles. The molecule has 2 N–H and O–H groups in total. The number of nitrogens with zero attached hydrogens (tertiary/aromatic N) is 1. The second-order valence-electron chi connectivity index (χ2n) is 5.23. The fourth-order valence-electron chi connectivity index (χ4n) is 2.67. The van der Waals surface area contributed by atoms with E-state index in [-0.39, 0.29) is 16.8 Å². The van der Waals surface area contributed by atoms with Crippen LogP contribution in [0.2, 0.25) is 0 Å². The minimum absolute atomic E-state index is 0.136. The lowest BCUT2D eigenvalue weighted by Gasteiger charge is -2.19. The van der Waals surface area contributed by atoms with Crippen molar-refractivity contribution in [3.63, 3.8) is 0 Å². The molecule has 2 aromatic rings. The summed E-state index contributed by atoms with van der Waals surface area (Å²) < 4.78 is 0. The monoisotopic (exact) mass is 312 g/mol. The van der Waals surface area contributed by atoms with Crippen LogP contribution in [0.25, 0.3) is 0 Å². The molecule has 7 nitrogen and oxygen atoms in total. The lowest BCUT2D eigenvalue weighted by Crippen LogP contribution is -2.36. The first-order valence-corrected chi connectivity index (χ1v) is 6.83. The number of aliphatic hydroxyl groups is 1. The van der Waals surface area contributed by atoms with Gasteiger partial charge in [0.15, 0.2) is 11.4 Å². The quantitative estimate of drug-likeness (QED) is 0.510. The van der Waals surface area contributed by atoms with E-state index in [1.54, 1.807) is 24.3 Å². The zero-order valence-electron chi connectivity index (χ0n) is 11.9. The van der Waals surface area contributed by atoms with Crippen LogP contribution in [0.4, 0.5) is 11.4 Å². The summed E-state index contributed by atoms with van der Waals surface area (Å²) in [6.45, 7) is 0. The Morgan fingerprint density at radius 3 is 2.57 bits per heavy atom. The number of benzene rings is 2. The van der Waals surface area contributed by atoms with Gasteiger partial charge in [-0.1, -0.05) is 30.3 Å². The van der Waals surface area contributed by atoms with E-state index in [1.165, 1.54) is 24.3 Å². The Kier molecular flexibility index (Phi) is 3.42. The SMILES string of the molecule is O=C(CC1(O)C(=O)Nc2ccccc21)c1ccccc1[N+](=O)[O-]. The third-order valence-corrected chi connectivity index (χ3v) is 3.81. The summed E-state index contributed by atoms with van der Waals surface area (Å²) in [5.74, 6) is -1.39. The molecule has 0 radical (unpaired) electrons. The molecule has 23 heavy (non-hydrogen) atoms. The summed E-state index contributed by atoms with van der Waals surface area (Å²) in [6, 6.07) is 11.9. The molecule has 1 amide bonds. The van der Waals surface area contributed by atoms with Crippen molar-refractivity contribution in [1.82, 2.24) is 0 Å². The summed E-state index contributed by atoms with van der Waals surface area (Å²) >= 11 is 0. The zero-order chi connectivity index (χ0) is 16.6. The van der Waals surface area contributed by atoms with Crippen molar-refractivity contribution in [2.45, 2.75) is 12.0 Å². The first kappa shape index (κ1) is 14.9. The summed E-state index contributed by atoms with van der Waals surface area (Å²) in [6.07, 6.45) is -0.569. The van der Waals surface area contributed by atoms with Crippen LogP contribution >= 0.6 is 0 Å². The summed E-state index contributed by atoms with van der Waals surface area (Å²) in [7, 11) is 0. The van der Waals surface area contributed by atoms with Crippen LogP contribution in [-0.4, -0.2) is 21.7 Å². The molecule has 116 valence electrons. The van der Waals surface area contributed by atoms with Crippen molar-refractivity contribution >= 4 is 23.1 Å². The molecule has 1 heterocycles. The molecular formula is C16H12N2O5. The molecule has 1 atom stereocenters. The third kappa shape index (κ3) is 2.36. The first-order chi connectivity index (χ1) is 10.9. The van der Waals surface area contributed by atoms with Crippen molar-refractivity contribution in [2.75, 3.05) is 5.32 Å². The van der Waals surface area contributed by atoms with Crippen molar-refractivity contribution in [3.8, 4) is 0 Å². The Morgan fingerprint density at radius 2 is 1.83 bits per heavy atom. The first-order valence-electron chi connectivity index (χ1n) is 6.83. The molecule has 7 heteroatoms. The minimum atomic E-state index is -2.03. The Hall–Kier alpha value is -3.06. The largest absolute Gasteiger partial charge is 0.375 e. The van der Waals surface area contributed by atoms with Crippen molar-refractivity contribution in [2.24, 2.45) is 0 Å². The van der Waals surface area contributed by atoms with Crippen molar-refractivity contribution < 1.29 is 19.6 Å². The fourth-order valence-corrected chi connectivity index (χ4v) is 2.67. The highest BCUT2D eigenvalue weighted by Gasteiger charge is 2.47. The topological polar surface area (TPSA) is 110 Å². The average molecular weight is 312 g/mol. The molecule has 1 unspecified atom stereocenters. The number of hydrogen-bond acceptors (Lipinski definition) is 5. The average Bonchev–Trinajstić information content (AvgIpc) is 2.78. The van der Waals surface area contributed by atoms with Crippen LogP contribution < -0.4 is 5.32 Å². The van der Waals surface area contributed by atoms with Crippen LogP contribution in [-0.2, 0) is 10.4 Å². The van der Waals surface area contributed by atoms with E-state index >= 15 is 0 Å². The molecule has 0 spiro atoms. The van der Waals surface area contributed by atoms with Gasteiger partial charge in [-0.25, -0.2) is 0 Å². The number of carbonyl (C=O) groups excluding carboxylic acids is 2. The second kappa shape index (κ2) is 5.29. The van der Waals surface area contributed by atoms with Gasteiger partial charge in [-0.05, 0) is 12.1 Å². The molecule has 0 aliphatic carbocycles. The summed E-state index contributed by atoms with van der Waals surface area (Å²) in [5.41, 5.74) is -1.81. The Labute approximate surface area is 130 Å². The highest BCUT2D eigenvalue weighted by Crippen LogP contribution is 2.39. The van der Waals surface area contributed by atoms with Gasteiger partial charge in [-0.2, -0.15) is 0 Å². The van der Waals surface area contributed by atoms with Gasteiger partial charge < -0.3 is 10.4 Å². The maximum atomic E-state index is 12.4. The highest BCUT2D eigenvalue weighted by molar-refractivity contribution is 6.10. The van der Waals surface area contributed by atoms with Crippen LogP contribution in [0.15, 0.2) is 48.5 Å². The summed E-state index contributed by atoms with van der Waals surface area (Å²) in [5, 5.41) is 24.2. The lowest BCUT2D eigenvalue weighted by molar-refractivity contribution is -0.385. The molecular weight excluding hydrogens is 300 g/mol. The van der Waals surface area contributed by atoms with Gasteiger partial charge in [0.2, 0.25) is 0 Å². The van der Waals surface area contributed by atoms with E-state index < -0.39 is 28.6 Å². The van der Waals surface area contributed by atoms with E-state index in [0.717, 1.165) is 0 Å². The predicted octanol–water partition coefficient (Wildman–Crippen LogP) is 2.01. The van der Waals surface area contributed by atoms with Crippen LogP contribution in [0, 0.1) is 10.1 Å². The minimum Gasteiger partial charge on any atom is -0.375 e. The number of anilines is 1. The van der Waals surface area contributed by atoms with E-state index in [2.05, 4.69) is 5.32 Å². The molecule has 3 rings (SSSR count). The zero-order valence-corrected chi connectivity index (χ0v) is 11.9. The normalized spacial score (nSPS) is 19.1. The Bertz CT molecular complexity index is 833. The number of nitro benzene ring substituents is 1. The smallest absolute Gasteiger partial charge is 0.280 e. The van der Waals surface area contributed by atoms with E-state index in [0.29, 0.717) is 5.69 Å². The van der Waals surface area contributed by atoms with E-state index in [4.69, 9.17) is 0 Å². The molecule has 2 aromatic carbocycles. The van der Waals surface area contributed by atoms with Crippen LogP contribution in [0.5, 0.6) is 0 Å². The molecule has 0 bridgehead atoms. The number of nitro groups is 1. The fraction of sp³-hybridized carbons (Fsp3) is 0.125. The lowest BCUT2D eigenvalue weighted by atomic mass is 9.88. The standard InChI is InChI=1S/C16H12N2O5/c19-14(10-5-1-4-8-13(10)18(22)23)9-16(21)11-6-2-3-7-12(11)17-15(16)20/h1-8,21H,9H2,(H,17,20). The number of Topliss-reactive ketones (excluding diaryl/α,β-unsaturated/α-hetero) is 1. The molecule has 1 aliphatic rings.